The van der Waals surface area contributed by atoms with Gasteiger partial charge >= 0.3 is 0 Å². The SMILES string of the molecule is Cc1cc(CN(C)C(=O)Cn2cccc(C(=O)NC3CCCCC3)c2=O)n[nH]1. The number of hydrogen-bond acceptors (Lipinski definition) is 4. The number of carbonyl (C=O) groups excluding carboxylic acids is 2. The molecule has 8 nitrogen and oxygen atoms in total. The van der Waals surface area contributed by atoms with Crippen LogP contribution < -0.4 is 10.9 Å². The van der Waals surface area contributed by atoms with Crippen molar-refractivity contribution >= 4 is 11.8 Å². The van der Waals surface area contributed by atoms with Crippen LogP contribution >= 0.6 is 0 Å². The van der Waals surface area contributed by atoms with Gasteiger partial charge in [0.15, 0.2) is 0 Å². The summed E-state index contributed by atoms with van der Waals surface area (Å²) in [5.74, 6) is -0.591. The van der Waals surface area contributed by atoms with Crippen LogP contribution in [0.3, 0.4) is 0 Å². The van der Waals surface area contributed by atoms with Crippen molar-refractivity contribution < 1.29 is 9.59 Å². The van der Waals surface area contributed by atoms with Gasteiger partial charge in [-0.05, 0) is 38.0 Å². The van der Waals surface area contributed by atoms with Crippen LogP contribution in [0, 0.1) is 6.92 Å². The van der Waals surface area contributed by atoms with E-state index >= 15 is 0 Å². The van der Waals surface area contributed by atoms with Crippen LogP contribution in [-0.2, 0) is 17.9 Å². The molecule has 2 heterocycles. The van der Waals surface area contributed by atoms with E-state index in [0.717, 1.165) is 37.1 Å². The summed E-state index contributed by atoms with van der Waals surface area (Å²) in [6.45, 7) is 2.12. The number of hydrogen-bond donors (Lipinski definition) is 2. The van der Waals surface area contributed by atoms with E-state index in [0.29, 0.717) is 6.54 Å². The number of nitrogens with one attached hydrogen (secondary N) is 2. The highest BCUT2D eigenvalue weighted by Crippen LogP contribution is 2.17. The third kappa shape index (κ3) is 4.88. The predicted molar refractivity (Wildman–Crippen MR) is 105 cm³/mol. The number of likely N-dealkylation sites (N-methyl/N-ethyl adjacent to an activating group) is 1. The van der Waals surface area contributed by atoms with Crippen LogP contribution in [0.15, 0.2) is 29.2 Å². The molecular formula is C20H27N5O3. The molecule has 2 N–H and O–H groups in total. The Morgan fingerprint density at radius 1 is 1.32 bits per heavy atom. The number of H-pyrrole nitrogens is 1. The van der Waals surface area contributed by atoms with Gasteiger partial charge in [-0.1, -0.05) is 19.3 Å². The predicted octanol–water partition coefficient (Wildman–Crippen LogP) is 1.60. The van der Waals surface area contributed by atoms with E-state index in [1.54, 1.807) is 13.1 Å². The van der Waals surface area contributed by atoms with E-state index < -0.39 is 5.56 Å². The Kier molecular flexibility index (Phi) is 6.28. The van der Waals surface area contributed by atoms with Gasteiger partial charge in [-0.25, -0.2) is 0 Å². The molecule has 150 valence electrons. The maximum absolute atomic E-state index is 12.7. The van der Waals surface area contributed by atoms with Gasteiger partial charge in [-0.3, -0.25) is 19.5 Å². The Balaban J connectivity index is 1.65. The van der Waals surface area contributed by atoms with Crippen LogP contribution in [0.25, 0.3) is 0 Å². The van der Waals surface area contributed by atoms with Crippen molar-refractivity contribution in [1.29, 1.82) is 0 Å². The lowest BCUT2D eigenvalue weighted by Gasteiger charge is -2.22. The highest BCUT2D eigenvalue weighted by molar-refractivity contribution is 5.94. The quantitative estimate of drug-likeness (QED) is 0.789. The second-order valence-corrected chi connectivity index (χ2v) is 7.46. The summed E-state index contributed by atoms with van der Waals surface area (Å²) >= 11 is 0. The Bertz CT molecular complexity index is 895. The Morgan fingerprint density at radius 3 is 2.75 bits per heavy atom. The third-order valence-electron chi connectivity index (χ3n) is 5.09. The summed E-state index contributed by atoms with van der Waals surface area (Å²) in [5.41, 5.74) is 1.30. The van der Waals surface area contributed by atoms with Crippen LogP contribution in [0.2, 0.25) is 0 Å². The number of aromatic amines is 1. The van der Waals surface area contributed by atoms with Crippen LogP contribution in [0.4, 0.5) is 0 Å². The first-order valence-electron chi connectivity index (χ1n) is 9.69. The minimum atomic E-state index is -0.451. The molecule has 0 radical (unpaired) electrons. The molecule has 3 rings (SSSR count). The van der Waals surface area contributed by atoms with Crippen molar-refractivity contribution in [1.82, 2.24) is 25.0 Å². The average Bonchev–Trinajstić information content (AvgIpc) is 3.08. The number of nitrogens with zero attached hydrogens (tertiary/aromatic N) is 3. The standard InChI is InChI=1S/C20H27N5O3/c1-14-11-16(23-22-14)12-24(2)18(26)13-25-10-6-9-17(20(25)28)19(27)21-15-7-4-3-5-8-15/h6,9-11,15H,3-5,7-8,12-13H2,1-2H3,(H,21,27)(H,22,23). The molecule has 0 bridgehead atoms. The van der Waals surface area contributed by atoms with Crippen LogP contribution in [0.5, 0.6) is 0 Å². The fraction of sp³-hybridized carbons (Fsp3) is 0.500. The van der Waals surface area contributed by atoms with E-state index in [1.807, 2.05) is 13.0 Å². The normalized spacial score (nSPS) is 14.6. The molecular weight excluding hydrogens is 358 g/mol. The highest BCUT2D eigenvalue weighted by Gasteiger charge is 2.20. The lowest BCUT2D eigenvalue weighted by molar-refractivity contribution is -0.131. The fourth-order valence-electron chi connectivity index (χ4n) is 3.50. The first-order valence-corrected chi connectivity index (χ1v) is 9.69. The van der Waals surface area contributed by atoms with E-state index in [-0.39, 0.29) is 30.0 Å². The highest BCUT2D eigenvalue weighted by atomic mass is 16.2. The molecule has 0 spiro atoms. The molecule has 0 unspecified atom stereocenters. The van der Waals surface area contributed by atoms with E-state index in [4.69, 9.17) is 0 Å². The van der Waals surface area contributed by atoms with Crippen molar-refractivity contribution in [3.8, 4) is 0 Å². The molecule has 2 aromatic rings. The van der Waals surface area contributed by atoms with Crippen molar-refractivity contribution in [2.75, 3.05) is 7.05 Å². The molecule has 28 heavy (non-hydrogen) atoms. The molecule has 8 heteroatoms. The number of pyridine rings is 1. The maximum atomic E-state index is 12.7. The monoisotopic (exact) mass is 385 g/mol. The topological polar surface area (TPSA) is 100 Å². The minimum absolute atomic E-state index is 0.0754. The maximum Gasteiger partial charge on any atom is 0.263 e. The fourth-order valence-corrected chi connectivity index (χ4v) is 3.50. The summed E-state index contributed by atoms with van der Waals surface area (Å²) in [4.78, 5) is 39.2. The summed E-state index contributed by atoms with van der Waals surface area (Å²) in [6, 6.07) is 5.13. The number of rotatable bonds is 6. The second kappa shape index (κ2) is 8.86. The summed E-state index contributed by atoms with van der Waals surface area (Å²) in [6.07, 6.45) is 6.81. The van der Waals surface area contributed by atoms with Gasteiger partial charge in [0.1, 0.15) is 12.1 Å². The summed E-state index contributed by atoms with van der Waals surface area (Å²) < 4.78 is 1.28. The van der Waals surface area contributed by atoms with Crippen molar-refractivity contribution in [3.05, 3.63) is 51.7 Å². The lowest BCUT2D eigenvalue weighted by Crippen LogP contribution is -2.40. The van der Waals surface area contributed by atoms with Crippen molar-refractivity contribution in [2.24, 2.45) is 0 Å². The molecule has 0 aliphatic heterocycles. The zero-order valence-corrected chi connectivity index (χ0v) is 16.4. The molecule has 0 saturated heterocycles. The Morgan fingerprint density at radius 2 is 2.07 bits per heavy atom. The second-order valence-electron chi connectivity index (χ2n) is 7.46. The molecule has 2 aromatic heterocycles. The van der Waals surface area contributed by atoms with Gasteiger partial charge in [-0.2, -0.15) is 5.10 Å². The zero-order chi connectivity index (χ0) is 20.1. The zero-order valence-electron chi connectivity index (χ0n) is 16.4. The third-order valence-corrected chi connectivity index (χ3v) is 5.09. The number of aromatic nitrogens is 3. The number of carbonyl (C=O) groups is 2. The molecule has 0 atom stereocenters. The average molecular weight is 385 g/mol. The van der Waals surface area contributed by atoms with Crippen LogP contribution in [0.1, 0.15) is 53.8 Å². The van der Waals surface area contributed by atoms with Gasteiger partial charge in [0.2, 0.25) is 5.91 Å². The molecule has 0 aromatic carbocycles. The van der Waals surface area contributed by atoms with Gasteiger partial charge in [0.05, 0.1) is 12.2 Å². The first-order chi connectivity index (χ1) is 13.4. The Labute approximate surface area is 163 Å². The van der Waals surface area contributed by atoms with Crippen molar-refractivity contribution in [2.45, 2.75) is 58.2 Å². The van der Waals surface area contributed by atoms with E-state index in [2.05, 4.69) is 15.5 Å². The van der Waals surface area contributed by atoms with E-state index in [9.17, 15) is 14.4 Å². The van der Waals surface area contributed by atoms with Gasteiger partial charge in [-0.15, -0.1) is 0 Å². The van der Waals surface area contributed by atoms with Crippen LogP contribution in [-0.4, -0.2) is 44.6 Å². The largest absolute Gasteiger partial charge is 0.349 e. The summed E-state index contributed by atoms with van der Waals surface area (Å²) in [5, 5.41) is 9.91. The molecule has 2 amide bonds. The van der Waals surface area contributed by atoms with Gasteiger partial charge in [0, 0.05) is 25.0 Å². The first kappa shape index (κ1) is 19.9. The number of amides is 2. The smallest absolute Gasteiger partial charge is 0.263 e. The van der Waals surface area contributed by atoms with E-state index in [1.165, 1.54) is 28.2 Å². The minimum Gasteiger partial charge on any atom is -0.349 e. The summed E-state index contributed by atoms with van der Waals surface area (Å²) in [7, 11) is 1.66. The van der Waals surface area contributed by atoms with Crippen molar-refractivity contribution in [3.63, 3.8) is 0 Å². The molecule has 1 aliphatic carbocycles. The molecule has 1 saturated carbocycles. The lowest BCUT2D eigenvalue weighted by atomic mass is 9.95. The number of aryl methyl sites for hydroxylation is 1. The molecule has 1 fully saturated rings. The van der Waals surface area contributed by atoms with Gasteiger partial charge < -0.3 is 14.8 Å². The van der Waals surface area contributed by atoms with Gasteiger partial charge in [0.25, 0.3) is 11.5 Å². The Hall–Kier alpha value is -2.90. The molecule has 1 aliphatic rings.